The zero-order chi connectivity index (χ0) is 18.1. The normalized spacial score (nSPS) is 28.4. The maximum Gasteiger partial charge on any atom is 0.418 e. The van der Waals surface area contributed by atoms with E-state index in [0.29, 0.717) is 0 Å². The summed E-state index contributed by atoms with van der Waals surface area (Å²) in [5, 5.41) is 9.44. The second-order valence-corrected chi connectivity index (χ2v) is 5.75. The fourth-order valence-corrected chi connectivity index (χ4v) is 2.75. The summed E-state index contributed by atoms with van der Waals surface area (Å²) in [7, 11) is 0. The van der Waals surface area contributed by atoms with E-state index < -0.39 is 71.8 Å². The molecule has 1 saturated carbocycles. The van der Waals surface area contributed by atoms with E-state index in [9.17, 15) is 40.2 Å². The highest BCUT2D eigenvalue weighted by molar-refractivity contribution is 5.50. The van der Waals surface area contributed by atoms with Crippen LogP contribution in [0.25, 0.3) is 0 Å². The Hall–Kier alpha value is -1.65. The minimum atomic E-state index is -5.17. The summed E-state index contributed by atoms with van der Waals surface area (Å²) in [5.74, 6) is -8.51. The fourth-order valence-electron chi connectivity index (χ4n) is 2.75. The summed E-state index contributed by atoms with van der Waals surface area (Å²) in [6, 6.07) is 0. The molecule has 11 heteroatoms. The number of alkyl halides is 8. The van der Waals surface area contributed by atoms with Crippen molar-refractivity contribution in [2.45, 2.75) is 49.2 Å². The highest BCUT2D eigenvalue weighted by Gasteiger charge is 2.61. The molecule has 0 aromatic carbocycles. The molecule has 2 aliphatic rings. The molecular formula is C13H9F8NO2. The van der Waals surface area contributed by atoms with Gasteiger partial charge in [-0.15, -0.1) is 0 Å². The van der Waals surface area contributed by atoms with Gasteiger partial charge in [-0.25, -0.2) is 18.2 Å². The third-order valence-electron chi connectivity index (χ3n) is 3.99. The highest BCUT2D eigenvalue weighted by Crippen LogP contribution is 2.57. The van der Waals surface area contributed by atoms with Crippen LogP contribution in [0.5, 0.6) is 5.88 Å². The Balaban J connectivity index is 2.05. The third kappa shape index (κ3) is 2.49. The van der Waals surface area contributed by atoms with Crippen molar-refractivity contribution in [3.05, 3.63) is 22.9 Å². The number of fused-ring (bicyclic) bond motifs is 1. The summed E-state index contributed by atoms with van der Waals surface area (Å²) >= 11 is 0. The van der Waals surface area contributed by atoms with Gasteiger partial charge >= 0.3 is 12.1 Å². The van der Waals surface area contributed by atoms with Crippen molar-refractivity contribution in [2.75, 3.05) is 0 Å². The maximum atomic E-state index is 14.0. The molecule has 1 fully saturated rings. The minimum Gasteiger partial charge on any atom is -0.474 e. The Morgan fingerprint density at radius 1 is 1.12 bits per heavy atom. The molecular weight excluding hydrogens is 354 g/mol. The molecule has 2 aliphatic carbocycles. The Morgan fingerprint density at radius 2 is 1.71 bits per heavy atom. The number of hydrogen-bond acceptors (Lipinski definition) is 3. The summed E-state index contributed by atoms with van der Waals surface area (Å²) in [4.78, 5) is 3.17. The molecule has 0 bridgehead atoms. The molecule has 24 heavy (non-hydrogen) atoms. The molecule has 0 amide bonds. The van der Waals surface area contributed by atoms with E-state index in [1.165, 1.54) is 0 Å². The van der Waals surface area contributed by atoms with E-state index in [1.54, 1.807) is 0 Å². The van der Waals surface area contributed by atoms with Gasteiger partial charge in [0.1, 0.15) is 12.2 Å². The number of aliphatic hydroxyl groups excluding tert-OH is 1. The molecule has 134 valence electrons. The minimum absolute atomic E-state index is 0.113. The summed E-state index contributed by atoms with van der Waals surface area (Å²) in [6.45, 7) is 0. The van der Waals surface area contributed by atoms with E-state index in [-0.39, 0.29) is 6.20 Å². The van der Waals surface area contributed by atoms with Crippen LogP contribution >= 0.6 is 0 Å². The number of hydrogen-bond donors (Lipinski definition) is 1. The molecule has 0 radical (unpaired) electrons. The van der Waals surface area contributed by atoms with Crippen LogP contribution in [-0.4, -0.2) is 28.0 Å². The third-order valence-corrected chi connectivity index (χ3v) is 3.99. The van der Waals surface area contributed by atoms with Gasteiger partial charge in [-0.2, -0.15) is 22.0 Å². The molecule has 3 nitrogen and oxygen atoms in total. The second kappa shape index (κ2) is 4.93. The first kappa shape index (κ1) is 17.2. The quantitative estimate of drug-likeness (QED) is 0.809. The summed E-state index contributed by atoms with van der Waals surface area (Å²) in [6.07, 6.45) is -14.2. The van der Waals surface area contributed by atoms with Gasteiger partial charge in [-0.1, -0.05) is 0 Å². The van der Waals surface area contributed by atoms with E-state index in [1.807, 2.05) is 0 Å². The summed E-state index contributed by atoms with van der Waals surface area (Å²) < 4.78 is 110. The lowest BCUT2D eigenvalue weighted by atomic mass is 9.91. The molecule has 0 aliphatic heterocycles. The molecule has 1 heterocycles. The zero-order valence-corrected chi connectivity index (χ0v) is 11.6. The number of pyridine rings is 1. The van der Waals surface area contributed by atoms with Gasteiger partial charge in [0.15, 0.2) is 6.17 Å². The van der Waals surface area contributed by atoms with Crippen molar-refractivity contribution in [1.29, 1.82) is 0 Å². The Morgan fingerprint density at radius 3 is 2.21 bits per heavy atom. The van der Waals surface area contributed by atoms with Crippen LogP contribution < -0.4 is 4.74 Å². The standard InChI is InChI=1S/C13H9F8NO2/c14-8-7-6(9(23)12(8,17)18)5(13(19,20)21)3-22-10(7)24-4-1-11(15,16)2-4/h3-4,8-9,23H,1-2H2/t8-,9+/m1/s1. The highest BCUT2D eigenvalue weighted by atomic mass is 19.4. The van der Waals surface area contributed by atoms with E-state index in [4.69, 9.17) is 4.74 Å². The number of aliphatic hydroxyl groups is 1. The molecule has 0 spiro atoms. The first-order chi connectivity index (χ1) is 10.8. The van der Waals surface area contributed by atoms with Crippen molar-refractivity contribution in [1.82, 2.24) is 4.98 Å². The number of halogens is 8. The molecule has 1 aromatic heterocycles. The average molecular weight is 363 g/mol. The fraction of sp³-hybridized carbons (Fsp3) is 0.615. The monoisotopic (exact) mass is 363 g/mol. The topological polar surface area (TPSA) is 42.4 Å². The van der Waals surface area contributed by atoms with Gasteiger partial charge in [-0.3, -0.25) is 0 Å². The van der Waals surface area contributed by atoms with Crippen LogP contribution in [0.2, 0.25) is 0 Å². The van der Waals surface area contributed by atoms with Gasteiger partial charge in [0.2, 0.25) is 5.88 Å². The molecule has 1 N–H and O–H groups in total. The predicted octanol–water partition coefficient (Wildman–Crippen LogP) is 3.97. The van der Waals surface area contributed by atoms with Gasteiger partial charge in [0.05, 0.1) is 11.1 Å². The van der Waals surface area contributed by atoms with Crippen LogP contribution in [0, 0.1) is 0 Å². The smallest absolute Gasteiger partial charge is 0.418 e. The molecule has 1 aromatic rings. The van der Waals surface area contributed by atoms with Gasteiger partial charge in [0, 0.05) is 24.6 Å². The van der Waals surface area contributed by atoms with Crippen molar-refractivity contribution in [2.24, 2.45) is 0 Å². The Bertz CT molecular complexity index is 667. The average Bonchev–Trinajstić information content (AvgIpc) is 2.58. The lowest BCUT2D eigenvalue weighted by Crippen LogP contribution is -2.43. The number of ether oxygens (including phenoxy) is 1. The predicted molar refractivity (Wildman–Crippen MR) is 61.6 cm³/mol. The van der Waals surface area contributed by atoms with Crippen LogP contribution in [0.15, 0.2) is 6.20 Å². The van der Waals surface area contributed by atoms with Gasteiger partial charge in [-0.05, 0) is 0 Å². The van der Waals surface area contributed by atoms with Crippen LogP contribution in [0.3, 0.4) is 0 Å². The van der Waals surface area contributed by atoms with Gasteiger partial charge in [0.25, 0.3) is 5.92 Å². The van der Waals surface area contributed by atoms with Crippen molar-refractivity contribution in [3.63, 3.8) is 0 Å². The maximum absolute atomic E-state index is 14.0. The first-order valence-electron chi connectivity index (χ1n) is 6.69. The number of aromatic nitrogens is 1. The SMILES string of the molecule is O[C@H]1c2c(C(F)(F)F)cnc(OC3CC(F)(F)C3)c2[C@@H](F)C1(F)F. The lowest BCUT2D eigenvalue weighted by molar-refractivity contribution is -0.152. The Labute approximate surface area is 129 Å². The lowest BCUT2D eigenvalue weighted by Gasteiger charge is -2.35. The van der Waals surface area contributed by atoms with Crippen molar-refractivity contribution < 1.29 is 45.0 Å². The Kier molecular flexibility index (Phi) is 3.53. The van der Waals surface area contributed by atoms with Crippen LogP contribution in [0.1, 0.15) is 41.8 Å². The van der Waals surface area contributed by atoms with Crippen LogP contribution in [-0.2, 0) is 6.18 Å². The van der Waals surface area contributed by atoms with Crippen LogP contribution in [0.4, 0.5) is 35.1 Å². The first-order valence-corrected chi connectivity index (χ1v) is 6.69. The number of rotatable bonds is 2. The molecule has 2 atom stereocenters. The number of nitrogens with zero attached hydrogens (tertiary/aromatic N) is 1. The van der Waals surface area contributed by atoms with E-state index >= 15 is 0 Å². The van der Waals surface area contributed by atoms with Gasteiger partial charge < -0.3 is 9.84 Å². The zero-order valence-electron chi connectivity index (χ0n) is 11.6. The molecule has 0 saturated heterocycles. The second-order valence-electron chi connectivity index (χ2n) is 5.75. The van der Waals surface area contributed by atoms with Crippen molar-refractivity contribution in [3.8, 4) is 5.88 Å². The largest absolute Gasteiger partial charge is 0.474 e. The van der Waals surface area contributed by atoms with Crippen molar-refractivity contribution >= 4 is 0 Å². The summed E-state index contributed by atoms with van der Waals surface area (Å²) in [5.41, 5.74) is -4.36. The molecule has 3 rings (SSSR count). The van der Waals surface area contributed by atoms with E-state index in [2.05, 4.69) is 4.98 Å². The van der Waals surface area contributed by atoms with E-state index in [0.717, 1.165) is 0 Å². The molecule has 0 unspecified atom stereocenters.